The maximum atomic E-state index is 12.0. The van der Waals surface area contributed by atoms with Crippen LogP contribution in [0.3, 0.4) is 0 Å². The van der Waals surface area contributed by atoms with Crippen molar-refractivity contribution in [2.24, 2.45) is 13.0 Å². The van der Waals surface area contributed by atoms with E-state index in [0.717, 1.165) is 28.6 Å². The summed E-state index contributed by atoms with van der Waals surface area (Å²) in [6.45, 7) is 1.19. The van der Waals surface area contributed by atoms with Crippen molar-refractivity contribution in [1.82, 2.24) is 20.1 Å². The van der Waals surface area contributed by atoms with Crippen molar-refractivity contribution in [3.05, 3.63) is 30.1 Å². The monoisotopic (exact) mass is 348 g/mol. The Morgan fingerprint density at radius 3 is 3.17 bits per heavy atom. The summed E-state index contributed by atoms with van der Waals surface area (Å²) in [6.07, 6.45) is 2.50. The van der Waals surface area contributed by atoms with Crippen LogP contribution in [0.15, 0.2) is 29.7 Å². The van der Waals surface area contributed by atoms with Gasteiger partial charge in [-0.05, 0) is 18.1 Å². The molecule has 7 nitrogen and oxygen atoms in total. The van der Waals surface area contributed by atoms with Crippen LogP contribution in [0, 0.1) is 5.92 Å². The minimum atomic E-state index is -0.0106. The number of nitrogens with one attached hydrogen (secondary N) is 1. The average Bonchev–Trinajstić information content (AvgIpc) is 3.02. The fourth-order valence-corrected chi connectivity index (χ4v) is 3.23. The van der Waals surface area contributed by atoms with Crippen LogP contribution < -0.4 is 14.8 Å². The van der Waals surface area contributed by atoms with Gasteiger partial charge in [0.1, 0.15) is 17.8 Å². The molecule has 0 unspecified atom stereocenters. The topological polar surface area (TPSA) is 78.3 Å². The van der Waals surface area contributed by atoms with Crippen molar-refractivity contribution >= 4 is 17.7 Å². The number of aryl methyl sites for hydroxylation is 1. The molecule has 128 valence electrons. The molecule has 0 saturated heterocycles. The van der Waals surface area contributed by atoms with Crippen LogP contribution in [0.5, 0.6) is 11.5 Å². The summed E-state index contributed by atoms with van der Waals surface area (Å²) in [5, 5.41) is 11.4. The number of aromatic nitrogens is 3. The third-order valence-corrected chi connectivity index (χ3v) is 4.88. The fraction of sp³-hybridized carbons (Fsp3) is 0.438. The van der Waals surface area contributed by atoms with E-state index in [9.17, 15) is 4.79 Å². The highest BCUT2D eigenvalue weighted by Crippen LogP contribution is 2.30. The van der Waals surface area contributed by atoms with Crippen LogP contribution in [0.4, 0.5) is 0 Å². The highest BCUT2D eigenvalue weighted by atomic mass is 32.2. The Balaban J connectivity index is 1.45. The molecule has 1 aliphatic heterocycles. The standard InChI is InChI=1S/C16H20N4O3S/c1-20-10-18-19-16(20)24-9-15(21)17-7-11-5-12-3-4-13(22-2)6-14(12)23-8-11/h3-4,6,10-11H,5,7-9H2,1-2H3,(H,17,21)/t11-/m0/s1. The lowest BCUT2D eigenvalue weighted by Crippen LogP contribution is -2.35. The summed E-state index contributed by atoms with van der Waals surface area (Å²) in [5.74, 6) is 2.25. The largest absolute Gasteiger partial charge is 0.497 e. The van der Waals surface area contributed by atoms with Gasteiger partial charge in [-0.15, -0.1) is 10.2 Å². The third-order valence-electron chi connectivity index (χ3n) is 3.85. The molecular formula is C16H20N4O3S. The zero-order valence-electron chi connectivity index (χ0n) is 13.7. The van der Waals surface area contributed by atoms with Crippen molar-refractivity contribution in [2.75, 3.05) is 26.0 Å². The number of amides is 1. The summed E-state index contributed by atoms with van der Waals surface area (Å²) in [6, 6.07) is 5.86. The smallest absolute Gasteiger partial charge is 0.230 e. The molecule has 2 heterocycles. The highest BCUT2D eigenvalue weighted by molar-refractivity contribution is 7.99. The van der Waals surface area contributed by atoms with Crippen molar-refractivity contribution in [3.8, 4) is 11.5 Å². The number of methoxy groups -OCH3 is 1. The first-order chi connectivity index (χ1) is 11.7. The number of thioether (sulfide) groups is 1. The number of carbonyl (C=O) groups is 1. The molecule has 1 aromatic heterocycles. The van der Waals surface area contributed by atoms with Gasteiger partial charge in [-0.3, -0.25) is 4.79 Å². The average molecular weight is 348 g/mol. The molecule has 0 aliphatic carbocycles. The SMILES string of the molecule is COc1ccc2c(c1)OC[C@H](CNC(=O)CSc1nncn1C)C2. The molecule has 0 spiro atoms. The van der Waals surface area contributed by atoms with Crippen LogP contribution in [-0.2, 0) is 18.3 Å². The lowest BCUT2D eigenvalue weighted by Gasteiger charge is -2.25. The summed E-state index contributed by atoms with van der Waals surface area (Å²) in [4.78, 5) is 12.0. The summed E-state index contributed by atoms with van der Waals surface area (Å²) < 4.78 is 12.8. The number of hydrogen-bond donors (Lipinski definition) is 1. The molecule has 8 heteroatoms. The van der Waals surface area contributed by atoms with Crippen LogP contribution in [0.1, 0.15) is 5.56 Å². The van der Waals surface area contributed by atoms with E-state index in [1.54, 1.807) is 18.0 Å². The van der Waals surface area contributed by atoms with E-state index < -0.39 is 0 Å². The Morgan fingerprint density at radius 1 is 1.54 bits per heavy atom. The molecule has 24 heavy (non-hydrogen) atoms. The second kappa shape index (κ2) is 7.57. The molecule has 0 radical (unpaired) electrons. The number of ether oxygens (including phenoxy) is 2. The fourth-order valence-electron chi connectivity index (χ4n) is 2.52. The molecule has 1 N–H and O–H groups in total. The van der Waals surface area contributed by atoms with Gasteiger partial charge in [0.05, 0.1) is 19.5 Å². The van der Waals surface area contributed by atoms with Gasteiger partial charge in [-0.2, -0.15) is 0 Å². The molecule has 0 bridgehead atoms. The van der Waals surface area contributed by atoms with Crippen molar-refractivity contribution < 1.29 is 14.3 Å². The van der Waals surface area contributed by atoms with E-state index >= 15 is 0 Å². The van der Waals surface area contributed by atoms with Crippen molar-refractivity contribution in [1.29, 1.82) is 0 Å². The Bertz CT molecular complexity index is 719. The minimum absolute atomic E-state index is 0.0106. The number of fused-ring (bicyclic) bond motifs is 1. The minimum Gasteiger partial charge on any atom is -0.497 e. The first-order valence-electron chi connectivity index (χ1n) is 7.69. The summed E-state index contributed by atoms with van der Waals surface area (Å²) in [5.41, 5.74) is 1.15. The zero-order chi connectivity index (χ0) is 16.9. The quantitative estimate of drug-likeness (QED) is 0.793. The number of carbonyl (C=O) groups excluding carboxylic acids is 1. The van der Waals surface area contributed by atoms with E-state index in [4.69, 9.17) is 9.47 Å². The maximum absolute atomic E-state index is 12.0. The molecule has 0 saturated carbocycles. The van der Waals surface area contributed by atoms with Gasteiger partial charge in [-0.25, -0.2) is 0 Å². The molecule has 0 fully saturated rings. The Morgan fingerprint density at radius 2 is 2.42 bits per heavy atom. The van der Waals surface area contributed by atoms with Gasteiger partial charge in [0.15, 0.2) is 5.16 Å². The van der Waals surface area contributed by atoms with Crippen LogP contribution in [0.2, 0.25) is 0 Å². The Labute approximate surface area is 144 Å². The number of benzene rings is 1. The molecular weight excluding hydrogens is 328 g/mol. The first kappa shape index (κ1) is 16.6. The van der Waals surface area contributed by atoms with E-state index in [1.807, 2.05) is 25.2 Å². The maximum Gasteiger partial charge on any atom is 0.230 e. The normalized spacial score (nSPS) is 16.2. The van der Waals surface area contributed by atoms with Crippen molar-refractivity contribution in [2.45, 2.75) is 11.6 Å². The Hall–Kier alpha value is -2.22. The molecule has 1 amide bonds. The van der Waals surface area contributed by atoms with E-state index in [2.05, 4.69) is 15.5 Å². The van der Waals surface area contributed by atoms with Crippen LogP contribution in [-0.4, -0.2) is 46.7 Å². The van der Waals surface area contributed by atoms with Crippen LogP contribution >= 0.6 is 11.8 Å². The Kier molecular flexibility index (Phi) is 5.24. The second-order valence-corrected chi connectivity index (χ2v) is 6.61. The van der Waals surface area contributed by atoms with Gasteiger partial charge in [0, 0.05) is 25.6 Å². The summed E-state index contributed by atoms with van der Waals surface area (Å²) >= 11 is 1.37. The van der Waals surface area contributed by atoms with E-state index in [0.29, 0.717) is 18.9 Å². The predicted octanol–water partition coefficient (Wildman–Crippen LogP) is 1.28. The zero-order valence-corrected chi connectivity index (χ0v) is 14.5. The highest BCUT2D eigenvalue weighted by Gasteiger charge is 2.21. The van der Waals surface area contributed by atoms with Gasteiger partial charge in [-0.1, -0.05) is 17.8 Å². The molecule has 2 aromatic rings. The van der Waals surface area contributed by atoms with E-state index in [1.165, 1.54) is 11.8 Å². The van der Waals surface area contributed by atoms with Gasteiger partial charge < -0.3 is 19.4 Å². The van der Waals surface area contributed by atoms with Gasteiger partial charge in [0.2, 0.25) is 5.91 Å². The van der Waals surface area contributed by atoms with Gasteiger partial charge >= 0.3 is 0 Å². The van der Waals surface area contributed by atoms with Crippen molar-refractivity contribution in [3.63, 3.8) is 0 Å². The number of hydrogen-bond acceptors (Lipinski definition) is 6. The third kappa shape index (κ3) is 4.00. The predicted molar refractivity (Wildman–Crippen MR) is 90.4 cm³/mol. The lowest BCUT2D eigenvalue weighted by molar-refractivity contribution is -0.118. The van der Waals surface area contributed by atoms with Gasteiger partial charge in [0.25, 0.3) is 0 Å². The number of rotatable bonds is 6. The first-order valence-corrected chi connectivity index (χ1v) is 8.67. The van der Waals surface area contributed by atoms with Crippen LogP contribution in [0.25, 0.3) is 0 Å². The second-order valence-electron chi connectivity index (χ2n) is 5.67. The summed E-state index contributed by atoms with van der Waals surface area (Å²) in [7, 11) is 3.49. The molecule has 1 atom stereocenters. The molecule has 3 rings (SSSR count). The lowest BCUT2D eigenvalue weighted by atomic mass is 9.96. The molecule has 1 aromatic carbocycles. The molecule has 1 aliphatic rings. The number of nitrogens with zero attached hydrogens (tertiary/aromatic N) is 3. The van der Waals surface area contributed by atoms with E-state index in [-0.39, 0.29) is 11.8 Å².